The highest BCUT2D eigenvalue weighted by Crippen LogP contribution is 2.29. The topological polar surface area (TPSA) is 92.3 Å². The first-order chi connectivity index (χ1) is 11.9. The van der Waals surface area contributed by atoms with Crippen molar-refractivity contribution >= 4 is 11.7 Å². The van der Waals surface area contributed by atoms with E-state index in [0.717, 1.165) is 16.7 Å². The molecule has 7 heteroatoms. The lowest BCUT2D eigenvalue weighted by Crippen LogP contribution is -2.17. The molecule has 0 saturated carbocycles. The van der Waals surface area contributed by atoms with E-state index in [-0.39, 0.29) is 11.1 Å². The number of carboxylic acid groups (broad SMARTS) is 1. The number of aryl methyl sites for hydroxylation is 2. The van der Waals surface area contributed by atoms with Crippen molar-refractivity contribution in [1.82, 2.24) is 14.8 Å². The molecule has 0 aliphatic heterocycles. The van der Waals surface area contributed by atoms with Gasteiger partial charge in [-0.25, -0.2) is 19.3 Å². The molecule has 0 bridgehead atoms. The predicted molar refractivity (Wildman–Crippen MR) is 92.3 cm³/mol. The van der Waals surface area contributed by atoms with Gasteiger partial charge in [0.05, 0.1) is 17.7 Å². The molecule has 0 amide bonds. The van der Waals surface area contributed by atoms with Crippen LogP contribution in [-0.4, -0.2) is 25.8 Å². The van der Waals surface area contributed by atoms with E-state index in [1.54, 1.807) is 18.3 Å². The number of nitrogens with one attached hydrogen (secondary N) is 1. The third kappa shape index (κ3) is 2.81. The molecular formula is C18H14N4O3. The fourth-order valence-electron chi connectivity index (χ4n) is 2.79. The summed E-state index contributed by atoms with van der Waals surface area (Å²) in [6.07, 6.45) is 2.79. The number of hydrogen-bond donors (Lipinski definition) is 2. The molecule has 1 aromatic carbocycles. The summed E-state index contributed by atoms with van der Waals surface area (Å²) in [6, 6.07) is 6.34. The van der Waals surface area contributed by atoms with Crippen molar-refractivity contribution in [1.29, 1.82) is 0 Å². The summed E-state index contributed by atoms with van der Waals surface area (Å²) in [6.45, 7) is 10.8. The van der Waals surface area contributed by atoms with Gasteiger partial charge in [0.1, 0.15) is 0 Å². The maximum Gasteiger partial charge on any atom is 0.337 e. The predicted octanol–water partition coefficient (Wildman–Crippen LogP) is 3.09. The van der Waals surface area contributed by atoms with Gasteiger partial charge >= 0.3 is 5.97 Å². The second-order valence-electron chi connectivity index (χ2n) is 5.60. The molecule has 0 aliphatic carbocycles. The largest absolute Gasteiger partial charge is 0.478 e. The van der Waals surface area contributed by atoms with Crippen molar-refractivity contribution in [2.24, 2.45) is 0 Å². The lowest BCUT2D eigenvalue weighted by molar-refractivity contribution is 0.0696. The number of hydrogen-bond acceptors (Lipinski definition) is 3. The van der Waals surface area contributed by atoms with Crippen molar-refractivity contribution in [2.45, 2.75) is 13.8 Å². The van der Waals surface area contributed by atoms with Gasteiger partial charge in [0.25, 0.3) is 5.56 Å². The Bertz CT molecular complexity index is 1050. The lowest BCUT2D eigenvalue weighted by Gasteiger charge is -2.08. The van der Waals surface area contributed by atoms with Crippen LogP contribution in [0.2, 0.25) is 0 Å². The van der Waals surface area contributed by atoms with Gasteiger partial charge in [-0.1, -0.05) is 23.3 Å². The maximum absolute atomic E-state index is 12.8. The Hall–Kier alpha value is -3.66. The van der Waals surface area contributed by atoms with Crippen LogP contribution >= 0.6 is 0 Å². The maximum atomic E-state index is 12.8. The normalized spacial score (nSPS) is 10.4. The Labute approximate surface area is 143 Å². The summed E-state index contributed by atoms with van der Waals surface area (Å²) in [5.74, 6) is -0.779. The summed E-state index contributed by atoms with van der Waals surface area (Å²) in [5.41, 5.74) is 3.19. The Morgan fingerprint density at radius 2 is 1.96 bits per heavy atom. The molecule has 2 heterocycles. The average molecular weight is 334 g/mol. The van der Waals surface area contributed by atoms with Gasteiger partial charge in [0.15, 0.2) is 11.5 Å². The first-order valence-electron chi connectivity index (χ1n) is 7.41. The van der Waals surface area contributed by atoms with E-state index in [0.29, 0.717) is 17.1 Å². The average Bonchev–Trinajstić information content (AvgIpc) is 2.95. The minimum Gasteiger partial charge on any atom is -0.478 e. The number of pyridine rings is 1. The van der Waals surface area contributed by atoms with Gasteiger partial charge in [-0.2, -0.15) is 0 Å². The minimum absolute atomic E-state index is 0.0463. The van der Waals surface area contributed by atoms with Crippen molar-refractivity contribution in [3.8, 4) is 16.9 Å². The van der Waals surface area contributed by atoms with E-state index in [1.165, 1.54) is 23.0 Å². The van der Waals surface area contributed by atoms with E-state index in [1.807, 2.05) is 13.8 Å². The zero-order chi connectivity index (χ0) is 18.1. The van der Waals surface area contributed by atoms with Gasteiger partial charge < -0.3 is 5.11 Å². The van der Waals surface area contributed by atoms with E-state index in [2.05, 4.69) is 14.9 Å². The SMILES string of the molecule is [C-]#[N+]c1cc(C)c(-c2c[nH]n(-c3ccc(C(=O)O)cn3)c2=O)c(C)c1. The third-order valence-electron chi connectivity index (χ3n) is 3.91. The molecular weight excluding hydrogens is 320 g/mol. The van der Waals surface area contributed by atoms with E-state index in [4.69, 9.17) is 11.7 Å². The summed E-state index contributed by atoms with van der Waals surface area (Å²) >= 11 is 0. The van der Waals surface area contributed by atoms with Gasteiger partial charge in [-0.3, -0.25) is 9.89 Å². The smallest absolute Gasteiger partial charge is 0.337 e. The van der Waals surface area contributed by atoms with Gasteiger partial charge in [0.2, 0.25) is 0 Å². The standard InChI is InChI=1S/C18H14N4O3/c1-10-6-13(19-3)7-11(2)16(10)14-9-21-22(17(14)23)15-5-4-12(8-20-15)18(24)25/h4-9,21H,1-2H3,(H,24,25). The second kappa shape index (κ2) is 6.09. The first-order valence-corrected chi connectivity index (χ1v) is 7.41. The van der Waals surface area contributed by atoms with Crippen LogP contribution in [0.25, 0.3) is 21.8 Å². The van der Waals surface area contributed by atoms with Crippen molar-refractivity contribution < 1.29 is 9.90 Å². The fraction of sp³-hybridized carbons (Fsp3) is 0.111. The molecule has 0 aliphatic rings. The number of aromatic amines is 1. The monoisotopic (exact) mass is 334 g/mol. The van der Waals surface area contributed by atoms with Gasteiger partial charge in [-0.05, 0) is 31.5 Å². The number of rotatable bonds is 3. The van der Waals surface area contributed by atoms with Crippen LogP contribution in [-0.2, 0) is 0 Å². The van der Waals surface area contributed by atoms with Crippen molar-refractivity contribution in [3.05, 3.63) is 75.1 Å². The van der Waals surface area contributed by atoms with Crippen LogP contribution in [0.15, 0.2) is 41.5 Å². The molecule has 0 spiro atoms. The van der Waals surface area contributed by atoms with Crippen LogP contribution in [0.3, 0.4) is 0 Å². The molecule has 0 radical (unpaired) electrons. The van der Waals surface area contributed by atoms with Crippen molar-refractivity contribution in [2.75, 3.05) is 0 Å². The molecule has 2 aromatic heterocycles. The highest BCUT2D eigenvalue weighted by atomic mass is 16.4. The first kappa shape index (κ1) is 16.2. The Kier molecular flexibility index (Phi) is 3.95. The molecule has 0 unspecified atom stereocenters. The van der Waals surface area contributed by atoms with E-state index in [9.17, 15) is 9.59 Å². The molecule has 25 heavy (non-hydrogen) atoms. The third-order valence-corrected chi connectivity index (χ3v) is 3.91. The van der Waals surface area contributed by atoms with E-state index >= 15 is 0 Å². The summed E-state index contributed by atoms with van der Waals surface area (Å²) in [5, 5.41) is 11.8. The molecule has 2 N–H and O–H groups in total. The number of carbonyl (C=O) groups is 1. The number of carboxylic acids is 1. The zero-order valence-corrected chi connectivity index (χ0v) is 13.6. The molecule has 3 aromatic rings. The zero-order valence-electron chi connectivity index (χ0n) is 13.6. The summed E-state index contributed by atoms with van der Waals surface area (Å²) < 4.78 is 1.25. The highest BCUT2D eigenvalue weighted by Gasteiger charge is 2.15. The molecule has 0 saturated heterocycles. The van der Waals surface area contributed by atoms with Crippen molar-refractivity contribution in [3.63, 3.8) is 0 Å². The Balaban J connectivity index is 2.10. The second-order valence-corrected chi connectivity index (χ2v) is 5.60. The van der Waals surface area contributed by atoms with Gasteiger partial charge in [-0.15, -0.1) is 0 Å². The van der Waals surface area contributed by atoms with Crippen LogP contribution in [0, 0.1) is 20.4 Å². The molecule has 124 valence electrons. The fourth-order valence-corrected chi connectivity index (χ4v) is 2.79. The minimum atomic E-state index is -1.08. The number of nitrogens with zero attached hydrogens (tertiary/aromatic N) is 3. The summed E-state index contributed by atoms with van der Waals surface area (Å²) in [4.78, 5) is 31.1. The highest BCUT2D eigenvalue weighted by molar-refractivity contribution is 5.87. The molecule has 0 fully saturated rings. The Morgan fingerprint density at radius 1 is 1.28 bits per heavy atom. The molecule has 7 nitrogen and oxygen atoms in total. The lowest BCUT2D eigenvalue weighted by atomic mass is 9.97. The molecule has 3 rings (SSSR count). The Morgan fingerprint density at radius 3 is 2.48 bits per heavy atom. The molecule has 0 atom stereocenters. The van der Waals surface area contributed by atoms with Crippen LogP contribution in [0.5, 0.6) is 0 Å². The van der Waals surface area contributed by atoms with Gasteiger partial charge in [0, 0.05) is 12.4 Å². The van der Waals surface area contributed by atoms with E-state index < -0.39 is 5.97 Å². The summed E-state index contributed by atoms with van der Waals surface area (Å²) in [7, 11) is 0. The quantitative estimate of drug-likeness (QED) is 0.720. The van der Waals surface area contributed by atoms with Crippen LogP contribution in [0.4, 0.5) is 5.69 Å². The number of H-pyrrole nitrogens is 1. The van der Waals surface area contributed by atoms with Crippen LogP contribution < -0.4 is 5.56 Å². The number of aromatic carboxylic acids is 1. The number of aromatic nitrogens is 3. The van der Waals surface area contributed by atoms with Crippen LogP contribution in [0.1, 0.15) is 21.5 Å². The number of benzene rings is 1.